The SMILES string of the molecule is O=S(=O)(Nc1ncns1)c1ccc2c(c1)C(F)(F)CCC2N1CCCCC1c1cccnc1. The highest BCUT2D eigenvalue weighted by Crippen LogP contribution is 2.49. The molecule has 0 amide bonds. The van der Waals surface area contributed by atoms with Gasteiger partial charge in [-0.3, -0.25) is 14.6 Å². The maximum Gasteiger partial charge on any atom is 0.273 e. The monoisotopic (exact) mass is 491 g/mol. The Morgan fingerprint density at radius 3 is 2.79 bits per heavy atom. The van der Waals surface area contributed by atoms with Crippen molar-refractivity contribution in [2.45, 2.75) is 55.0 Å². The van der Waals surface area contributed by atoms with E-state index in [9.17, 15) is 8.42 Å². The van der Waals surface area contributed by atoms with Crippen LogP contribution in [0.2, 0.25) is 0 Å². The molecule has 2 atom stereocenters. The Labute approximate surface area is 195 Å². The molecule has 0 spiro atoms. The maximum atomic E-state index is 15.0. The van der Waals surface area contributed by atoms with Gasteiger partial charge in [-0.25, -0.2) is 22.2 Å². The number of nitrogens with one attached hydrogen (secondary N) is 1. The normalized spacial score (nSPS) is 23.1. The van der Waals surface area contributed by atoms with Crippen LogP contribution in [-0.4, -0.2) is 34.2 Å². The van der Waals surface area contributed by atoms with Crippen molar-refractivity contribution in [1.82, 2.24) is 19.2 Å². The van der Waals surface area contributed by atoms with Crippen LogP contribution >= 0.6 is 11.5 Å². The molecule has 33 heavy (non-hydrogen) atoms. The molecule has 1 aromatic carbocycles. The second kappa shape index (κ2) is 8.69. The second-order valence-electron chi connectivity index (χ2n) is 8.40. The Bertz CT molecular complexity index is 1220. The lowest BCUT2D eigenvalue weighted by Crippen LogP contribution is -2.40. The summed E-state index contributed by atoms with van der Waals surface area (Å²) in [6, 6.07) is 7.89. The summed E-state index contributed by atoms with van der Waals surface area (Å²) >= 11 is 0.879. The third-order valence-corrected chi connectivity index (χ3v) is 8.46. The van der Waals surface area contributed by atoms with Crippen LogP contribution in [-0.2, 0) is 15.9 Å². The van der Waals surface area contributed by atoms with E-state index in [-0.39, 0.29) is 34.1 Å². The minimum absolute atomic E-state index is 0.0880. The Balaban J connectivity index is 1.52. The Hall–Kier alpha value is -2.50. The van der Waals surface area contributed by atoms with Gasteiger partial charge in [0.15, 0.2) is 0 Å². The van der Waals surface area contributed by atoms with E-state index < -0.39 is 15.9 Å². The molecule has 11 heteroatoms. The molecule has 3 heterocycles. The minimum Gasteiger partial charge on any atom is -0.289 e. The number of hydrogen-bond acceptors (Lipinski definition) is 7. The number of rotatable bonds is 5. The number of benzene rings is 1. The zero-order valence-corrected chi connectivity index (χ0v) is 19.3. The van der Waals surface area contributed by atoms with Gasteiger partial charge in [-0.05, 0) is 55.1 Å². The van der Waals surface area contributed by atoms with Gasteiger partial charge < -0.3 is 0 Å². The molecule has 7 nitrogen and oxygen atoms in total. The molecular formula is C22H23F2N5O2S2. The van der Waals surface area contributed by atoms with Crippen LogP contribution in [0.3, 0.4) is 0 Å². The van der Waals surface area contributed by atoms with E-state index in [1.165, 1.54) is 12.4 Å². The molecule has 1 fully saturated rings. The molecule has 1 saturated heterocycles. The molecule has 0 saturated carbocycles. The summed E-state index contributed by atoms with van der Waals surface area (Å²) in [6.45, 7) is 0.799. The molecule has 0 radical (unpaired) electrons. The minimum atomic E-state index is -4.06. The lowest BCUT2D eigenvalue weighted by Gasteiger charge is -2.45. The van der Waals surface area contributed by atoms with Gasteiger partial charge in [0.05, 0.1) is 4.90 Å². The van der Waals surface area contributed by atoms with Gasteiger partial charge in [-0.2, -0.15) is 4.37 Å². The quantitative estimate of drug-likeness (QED) is 0.547. The highest BCUT2D eigenvalue weighted by Gasteiger charge is 2.44. The molecule has 0 bridgehead atoms. The lowest BCUT2D eigenvalue weighted by atomic mass is 9.82. The summed E-state index contributed by atoms with van der Waals surface area (Å²) in [5.74, 6) is -3.10. The molecule has 3 aromatic rings. The number of alkyl halides is 2. The van der Waals surface area contributed by atoms with E-state index in [0.717, 1.165) is 49.0 Å². The number of hydrogen-bond donors (Lipinski definition) is 1. The first-order chi connectivity index (χ1) is 15.9. The van der Waals surface area contributed by atoms with Gasteiger partial charge in [-0.15, -0.1) is 0 Å². The molecule has 5 rings (SSSR count). The van der Waals surface area contributed by atoms with Gasteiger partial charge in [0.1, 0.15) is 6.33 Å². The lowest BCUT2D eigenvalue weighted by molar-refractivity contribution is -0.0422. The number of pyridine rings is 1. The molecule has 1 aliphatic carbocycles. The first kappa shape index (κ1) is 22.3. The third kappa shape index (κ3) is 4.36. The first-order valence-electron chi connectivity index (χ1n) is 10.8. The molecule has 2 unspecified atom stereocenters. The smallest absolute Gasteiger partial charge is 0.273 e. The summed E-state index contributed by atoms with van der Waals surface area (Å²) in [5.41, 5.74) is 1.36. The Kier molecular flexibility index (Phi) is 5.87. The average Bonchev–Trinajstić information content (AvgIpc) is 3.32. The summed E-state index contributed by atoms with van der Waals surface area (Å²) in [4.78, 5) is 10.1. The Morgan fingerprint density at radius 2 is 2.03 bits per heavy atom. The van der Waals surface area contributed by atoms with Crippen molar-refractivity contribution >= 4 is 26.7 Å². The van der Waals surface area contributed by atoms with Gasteiger partial charge in [-0.1, -0.05) is 18.6 Å². The standard InChI is InChI=1S/C22H23F2N5O2S2/c23-22(24)9-8-20(29-11-2-1-5-19(29)15-4-3-10-25-13-15)17-7-6-16(12-18(17)22)33(30,31)28-21-26-14-27-32-21/h3-4,6-7,10,12-14,19-20H,1-2,5,8-9,11H2,(H,26,27,28). The van der Waals surface area contributed by atoms with Crippen molar-refractivity contribution in [2.75, 3.05) is 11.3 Å². The fourth-order valence-corrected chi connectivity index (χ4v) is 6.60. The number of fused-ring (bicyclic) bond motifs is 1. The predicted octanol–water partition coefficient (Wildman–Crippen LogP) is 4.89. The fourth-order valence-electron chi connectivity index (χ4n) is 4.91. The fraction of sp³-hybridized carbons (Fsp3) is 0.409. The zero-order valence-electron chi connectivity index (χ0n) is 17.7. The van der Waals surface area contributed by atoms with E-state index in [4.69, 9.17) is 0 Å². The van der Waals surface area contributed by atoms with Gasteiger partial charge in [0.2, 0.25) is 5.13 Å². The van der Waals surface area contributed by atoms with Gasteiger partial charge >= 0.3 is 0 Å². The first-order valence-corrected chi connectivity index (χ1v) is 13.1. The van der Waals surface area contributed by atoms with E-state index >= 15 is 8.78 Å². The van der Waals surface area contributed by atoms with Crippen LogP contribution in [0.1, 0.15) is 60.9 Å². The van der Waals surface area contributed by atoms with Crippen molar-refractivity contribution in [3.63, 3.8) is 0 Å². The average molecular weight is 492 g/mol. The second-order valence-corrected chi connectivity index (χ2v) is 10.9. The van der Waals surface area contributed by atoms with Crippen LogP contribution in [0.4, 0.5) is 13.9 Å². The number of sulfonamides is 1. The molecule has 2 aliphatic rings. The van der Waals surface area contributed by atoms with Crippen LogP contribution in [0.15, 0.2) is 53.9 Å². The molecule has 2 aromatic heterocycles. The summed E-state index contributed by atoms with van der Waals surface area (Å²) in [7, 11) is -4.06. The molecule has 1 aliphatic heterocycles. The number of aromatic nitrogens is 3. The van der Waals surface area contributed by atoms with E-state index in [1.807, 2.05) is 18.3 Å². The van der Waals surface area contributed by atoms with Crippen LogP contribution in [0.25, 0.3) is 0 Å². The number of nitrogens with zero attached hydrogens (tertiary/aromatic N) is 4. The predicted molar refractivity (Wildman–Crippen MR) is 121 cm³/mol. The van der Waals surface area contributed by atoms with Crippen molar-refractivity contribution in [3.8, 4) is 0 Å². The topological polar surface area (TPSA) is 88.1 Å². The van der Waals surface area contributed by atoms with Crippen molar-refractivity contribution in [1.29, 1.82) is 0 Å². The maximum absolute atomic E-state index is 15.0. The highest BCUT2D eigenvalue weighted by molar-refractivity contribution is 7.93. The van der Waals surface area contributed by atoms with E-state index in [2.05, 4.69) is 24.0 Å². The summed E-state index contributed by atoms with van der Waals surface area (Å²) in [6.07, 6.45) is 7.79. The van der Waals surface area contributed by atoms with E-state index in [0.29, 0.717) is 12.0 Å². The Morgan fingerprint density at radius 1 is 1.15 bits per heavy atom. The van der Waals surface area contributed by atoms with E-state index in [1.54, 1.807) is 12.3 Å². The van der Waals surface area contributed by atoms with Crippen LogP contribution in [0, 0.1) is 0 Å². The third-order valence-electron chi connectivity index (χ3n) is 6.42. The van der Waals surface area contributed by atoms with Gasteiger partial charge in [0, 0.05) is 48.0 Å². The van der Waals surface area contributed by atoms with Crippen LogP contribution < -0.4 is 4.72 Å². The molecular weight excluding hydrogens is 468 g/mol. The molecule has 174 valence electrons. The van der Waals surface area contributed by atoms with Crippen molar-refractivity contribution in [2.24, 2.45) is 0 Å². The van der Waals surface area contributed by atoms with Crippen LogP contribution in [0.5, 0.6) is 0 Å². The van der Waals surface area contributed by atoms with Gasteiger partial charge in [0.25, 0.3) is 15.9 Å². The van der Waals surface area contributed by atoms with Crippen molar-refractivity contribution < 1.29 is 17.2 Å². The number of likely N-dealkylation sites (tertiary alicyclic amines) is 1. The summed E-state index contributed by atoms with van der Waals surface area (Å²) < 4.78 is 61.7. The number of piperidine rings is 1. The van der Waals surface area contributed by atoms with Crippen molar-refractivity contribution in [3.05, 3.63) is 65.7 Å². The number of anilines is 1. The zero-order chi connectivity index (χ0) is 23.1. The molecule has 1 N–H and O–H groups in total. The highest BCUT2D eigenvalue weighted by atomic mass is 32.2. The largest absolute Gasteiger partial charge is 0.289 e. The summed E-state index contributed by atoms with van der Waals surface area (Å²) in [5, 5.41) is 0.0880. The number of halogens is 2.